The third-order valence-electron chi connectivity index (χ3n) is 4.12. The Morgan fingerprint density at radius 1 is 0.778 bits per heavy atom. The molecule has 136 valence electrons. The second kappa shape index (κ2) is 8.67. The molecule has 27 heavy (non-hydrogen) atoms. The maximum Gasteiger partial charge on any atom is 0.253 e. The van der Waals surface area contributed by atoms with E-state index in [0.29, 0.717) is 11.3 Å². The number of benzene rings is 3. The minimum atomic E-state index is -0.201. The van der Waals surface area contributed by atoms with Crippen LogP contribution in [0.1, 0.15) is 10.4 Å². The van der Waals surface area contributed by atoms with Crippen LogP contribution in [-0.4, -0.2) is 25.4 Å². The average molecular weight is 359 g/mol. The molecule has 0 aliphatic heterocycles. The maximum absolute atomic E-state index is 12.4. The molecule has 0 saturated carbocycles. The van der Waals surface area contributed by atoms with Crippen molar-refractivity contribution < 1.29 is 9.59 Å². The fourth-order valence-electron chi connectivity index (χ4n) is 2.80. The van der Waals surface area contributed by atoms with Crippen molar-refractivity contribution in [3.05, 3.63) is 84.4 Å². The van der Waals surface area contributed by atoms with Crippen molar-refractivity contribution in [2.24, 2.45) is 0 Å². The molecule has 0 saturated heterocycles. The maximum atomic E-state index is 12.4. The number of anilines is 2. The Bertz CT molecular complexity index is 939. The number of carbonyl (C=O) groups excluding carboxylic acids is 2. The van der Waals surface area contributed by atoms with Crippen LogP contribution in [0.15, 0.2) is 78.9 Å². The van der Waals surface area contributed by atoms with Crippen molar-refractivity contribution >= 4 is 23.2 Å². The summed E-state index contributed by atoms with van der Waals surface area (Å²) >= 11 is 0. The Morgan fingerprint density at radius 3 is 2.15 bits per heavy atom. The van der Waals surface area contributed by atoms with E-state index >= 15 is 0 Å². The van der Waals surface area contributed by atoms with Crippen molar-refractivity contribution in [3.63, 3.8) is 0 Å². The fraction of sp³-hybridized carbons (Fsp3) is 0.0909. The van der Waals surface area contributed by atoms with Gasteiger partial charge in [0.2, 0.25) is 5.91 Å². The minimum absolute atomic E-state index is 0.0527. The molecule has 0 aromatic heterocycles. The highest BCUT2D eigenvalue weighted by molar-refractivity contribution is 6.01. The summed E-state index contributed by atoms with van der Waals surface area (Å²) in [5.41, 5.74) is 3.85. The van der Waals surface area contributed by atoms with Crippen molar-refractivity contribution in [1.82, 2.24) is 5.32 Å². The summed E-state index contributed by atoms with van der Waals surface area (Å²) < 4.78 is 0. The van der Waals surface area contributed by atoms with E-state index in [1.54, 1.807) is 25.2 Å². The highest BCUT2D eigenvalue weighted by atomic mass is 16.2. The van der Waals surface area contributed by atoms with Gasteiger partial charge < -0.3 is 16.0 Å². The van der Waals surface area contributed by atoms with Gasteiger partial charge in [-0.1, -0.05) is 60.7 Å². The van der Waals surface area contributed by atoms with Crippen LogP contribution >= 0.6 is 0 Å². The Morgan fingerprint density at radius 2 is 1.41 bits per heavy atom. The van der Waals surface area contributed by atoms with Crippen molar-refractivity contribution in [2.75, 3.05) is 24.2 Å². The molecule has 0 fully saturated rings. The molecular formula is C22H21N3O2. The van der Waals surface area contributed by atoms with E-state index in [1.807, 2.05) is 60.7 Å². The number of amides is 2. The molecule has 0 aliphatic carbocycles. The third-order valence-corrected chi connectivity index (χ3v) is 4.12. The van der Waals surface area contributed by atoms with Crippen LogP contribution in [0.2, 0.25) is 0 Å². The molecule has 5 nitrogen and oxygen atoms in total. The molecule has 2 amide bonds. The van der Waals surface area contributed by atoms with Crippen molar-refractivity contribution in [1.29, 1.82) is 0 Å². The van der Waals surface area contributed by atoms with Gasteiger partial charge in [0, 0.05) is 24.0 Å². The first-order valence-electron chi connectivity index (χ1n) is 8.68. The fourth-order valence-corrected chi connectivity index (χ4v) is 2.80. The number of nitrogens with one attached hydrogen (secondary N) is 3. The quantitative estimate of drug-likeness (QED) is 0.627. The number of carbonyl (C=O) groups is 2. The third kappa shape index (κ3) is 4.52. The number of hydrogen-bond donors (Lipinski definition) is 3. The predicted octanol–water partition coefficient (Wildman–Crippen LogP) is 3.76. The van der Waals surface area contributed by atoms with E-state index in [9.17, 15) is 9.59 Å². The summed E-state index contributed by atoms with van der Waals surface area (Å²) in [4.78, 5) is 24.4. The van der Waals surface area contributed by atoms with E-state index in [1.165, 1.54) is 0 Å². The van der Waals surface area contributed by atoms with E-state index in [2.05, 4.69) is 16.0 Å². The molecular weight excluding hydrogens is 338 g/mol. The summed E-state index contributed by atoms with van der Waals surface area (Å²) in [6.45, 7) is 0.0527. The van der Waals surface area contributed by atoms with Gasteiger partial charge in [-0.25, -0.2) is 0 Å². The van der Waals surface area contributed by atoms with Crippen LogP contribution in [0, 0.1) is 0 Å². The molecule has 0 atom stereocenters. The molecule has 0 bridgehead atoms. The highest BCUT2D eigenvalue weighted by Crippen LogP contribution is 2.27. The molecule has 3 rings (SSSR count). The molecule has 0 aliphatic rings. The SMILES string of the molecule is CNC(=O)c1ccccc1NCC(=O)Nc1ccccc1-c1ccccc1. The van der Waals surface area contributed by atoms with Gasteiger partial charge in [0.05, 0.1) is 12.1 Å². The van der Waals surface area contributed by atoms with E-state index in [0.717, 1.165) is 16.8 Å². The Labute approximate surface area is 158 Å². The Balaban J connectivity index is 1.71. The molecule has 3 N–H and O–H groups in total. The van der Waals surface area contributed by atoms with Crippen LogP contribution in [0.25, 0.3) is 11.1 Å². The topological polar surface area (TPSA) is 70.2 Å². The first-order valence-corrected chi connectivity index (χ1v) is 8.68. The zero-order valence-corrected chi connectivity index (χ0v) is 15.0. The lowest BCUT2D eigenvalue weighted by Crippen LogP contribution is -2.24. The van der Waals surface area contributed by atoms with Crippen LogP contribution in [0.4, 0.5) is 11.4 Å². The van der Waals surface area contributed by atoms with Crippen LogP contribution < -0.4 is 16.0 Å². The van der Waals surface area contributed by atoms with E-state index < -0.39 is 0 Å². The van der Waals surface area contributed by atoms with Crippen molar-refractivity contribution in [2.45, 2.75) is 0 Å². The number of rotatable bonds is 6. The van der Waals surface area contributed by atoms with Gasteiger partial charge in [-0.2, -0.15) is 0 Å². The standard InChI is InChI=1S/C22H21N3O2/c1-23-22(27)18-12-6-7-13-19(18)24-15-21(26)25-20-14-8-5-11-17(20)16-9-3-2-4-10-16/h2-14,24H,15H2,1H3,(H,23,27)(H,25,26). The molecule has 0 heterocycles. The zero-order valence-electron chi connectivity index (χ0n) is 15.0. The first-order chi connectivity index (χ1) is 13.2. The minimum Gasteiger partial charge on any atom is -0.376 e. The van der Waals surface area contributed by atoms with Gasteiger partial charge in [-0.15, -0.1) is 0 Å². The molecule has 5 heteroatoms. The van der Waals surface area contributed by atoms with Crippen LogP contribution in [0.5, 0.6) is 0 Å². The number of hydrogen-bond acceptors (Lipinski definition) is 3. The van der Waals surface area contributed by atoms with Gasteiger partial charge in [-0.05, 0) is 23.8 Å². The number of para-hydroxylation sites is 2. The van der Waals surface area contributed by atoms with Gasteiger partial charge >= 0.3 is 0 Å². The summed E-state index contributed by atoms with van der Waals surface area (Å²) in [5.74, 6) is -0.391. The van der Waals surface area contributed by atoms with Gasteiger partial charge in [0.15, 0.2) is 0 Å². The lowest BCUT2D eigenvalue weighted by Gasteiger charge is -2.13. The smallest absolute Gasteiger partial charge is 0.253 e. The van der Waals surface area contributed by atoms with Crippen LogP contribution in [-0.2, 0) is 4.79 Å². The van der Waals surface area contributed by atoms with Gasteiger partial charge in [0.1, 0.15) is 0 Å². The summed E-state index contributed by atoms with van der Waals surface area (Å²) in [5, 5.41) is 8.57. The largest absolute Gasteiger partial charge is 0.376 e. The second-order valence-corrected chi connectivity index (χ2v) is 5.94. The summed E-state index contributed by atoms with van der Waals surface area (Å²) in [6.07, 6.45) is 0. The zero-order chi connectivity index (χ0) is 19.1. The van der Waals surface area contributed by atoms with E-state index in [-0.39, 0.29) is 18.4 Å². The van der Waals surface area contributed by atoms with E-state index in [4.69, 9.17) is 0 Å². The molecule has 0 spiro atoms. The lowest BCUT2D eigenvalue weighted by molar-refractivity contribution is -0.114. The van der Waals surface area contributed by atoms with Crippen molar-refractivity contribution in [3.8, 4) is 11.1 Å². The first kappa shape index (κ1) is 18.2. The summed E-state index contributed by atoms with van der Waals surface area (Å²) in [6, 6.07) is 24.6. The Kier molecular flexibility index (Phi) is 5.84. The monoisotopic (exact) mass is 359 g/mol. The van der Waals surface area contributed by atoms with Gasteiger partial charge in [0.25, 0.3) is 5.91 Å². The molecule has 0 radical (unpaired) electrons. The average Bonchev–Trinajstić information content (AvgIpc) is 2.73. The second-order valence-electron chi connectivity index (χ2n) is 5.94. The highest BCUT2D eigenvalue weighted by Gasteiger charge is 2.11. The Hall–Kier alpha value is -3.60. The van der Waals surface area contributed by atoms with Gasteiger partial charge in [-0.3, -0.25) is 9.59 Å². The predicted molar refractivity (Wildman–Crippen MR) is 109 cm³/mol. The molecule has 3 aromatic carbocycles. The summed E-state index contributed by atoms with van der Waals surface area (Å²) in [7, 11) is 1.58. The molecule has 3 aromatic rings. The van der Waals surface area contributed by atoms with Crippen LogP contribution in [0.3, 0.4) is 0 Å². The molecule has 0 unspecified atom stereocenters. The normalized spacial score (nSPS) is 10.1. The lowest BCUT2D eigenvalue weighted by atomic mass is 10.0.